The van der Waals surface area contributed by atoms with Gasteiger partial charge in [0, 0.05) is 22.8 Å². The number of nitrogens with one attached hydrogen (secondary N) is 1. The standard InChI is InChI=1S/C24H25FN2O3/c1-14-10-15(2)23(16(3)11-14)26-22(28)13-30-24(29)21-12-17(4)27(18(21)5)20-8-6-19(25)7-9-20/h6-12H,13H2,1-5H3,(H,26,28). The van der Waals surface area contributed by atoms with Gasteiger partial charge in [0.2, 0.25) is 0 Å². The van der Waals surface area contributed by atoms with Gasteiger partial charge in [-0.15, -0.1) is 0 Å². The van der Waals surface area contributed by atoms with Gasteiger partial charge in [-0.2, -0.15) is 0 Å². The summed E-state index contributed by atoms with van der Waals surface area (Å²) >= 11 is 0. The van der Waals surface area contributed by atoms with Crippen LogP contribution in [0.15, 0.2) is 42.5 Å². The summed E-state index contributed by atoms with van der Waals surface area (Å²) in [6.45, 7) is 9.09. The molecule has 3 aromatic rings. The molecule has 0 bridgehead atoms. The summed E-state index contributed by atoms with van der Waals surface area (Å²) < 4.78 is 20.3. The van der Waals surface area contributed by atoms with Crippen LogP contribution in [0.25, 0.3) is 5.69 Å². The Morgan fingerprint density at radius 2 is 1.57 bits per heavy atom. The number of nitrogens with zero attached hydrogens (tertiary/aromatic N) is 1. The van der Waals surface area contributed by atoms with Crippen LogP contribution in [0.4, 0.5) is 10.1 Å². The van der Waals surface area contributed by atoms with E-state index in [4.69, 9.17) is 4.74 Å². The number of benzene rings is 2. The molecule has 1 amide bonds. The summed E-state index contributed by atoms with van der Waals surface area (Å²) in [7, 11) is 0. The van der Waals surface area contributed by atoms with Crippen molar-refractivity contribution in [3.63, 3.8) is 0 Å². The molecular weight excluding hydrogens is 383 g/mol. The second-order valence-corrected chi connectivity index (χ2v) is 7.49. The number of carbonyl (C=O) groups excluding carboxylic acids is 2. The molecule has 0 saturated heterocycles. The molecule has 1 heterocycles. The lowest BCUT2D eigenvalue weighted by Gasteiger charge is -2.13. The highest BCUT2D eigenvalue weighted by atomic mass is 19.1. The number of rotatable bonds is 5. The van der Waals surface area contributed by atoms with Crippen LogP contribution in [0.5, 0.6) is 0 Å². The molecule has 3 rings (SSSR count). The van der Waals surface area contributed by atoms with Crippen molar-refractivity contribution in [2.24, 2.45) is 0 Å². The molecule has 1 N–H and O–H groups in total. The third kappa shape index (κ3) is 4.43. The van der Waals surface area contributed by atoms with Crippen molar-refractivity contribution in [1.29, 1.82) is 0 Å². The number of esters is 1. The molecule has 5 nitrogen and oxygen atoms in total. The van der Waals surface area contributed by atoms with Gasteiger partial charge in [0.15, 0.2) is 6.61 Å². The van der Waals surface area contributed by atoms with Gasteiger partial charge in [-0.25, -0.2) is 9.18 Å². The van der Waals surface area contributed by atoms with Gasteiger partial charge in [0.25, 0.3) is 5.91 Å². The van der Waals surface area contributed by atoms with Crippen molar-refractivity contribution < 1.29 is 18.7 Å². The van der Waals surface area contributed by atoms with Crippen LogP contribution >= 0.6 is 0 Å². The predicted octanol–water partition coefficient (Wildman–Crippen LogP) is 4.95. The SMILES string of the molecule is Cc1cc(C)c(NC(=O)COC(=O)c2cc(C)n(-c3ccc(F)cc3)c2C)c(C)c1. The van der Waals surface area contributed by atoms with Crippen molar-refractivity contribution in [2.45, 2.75) is 34.6 Å². The van der Waals surface area contributed by atoms with Crippen molar-refractivity contribution in [3.8, 4) is 5.69 Å². The Hall–Kier alpha value is -3.41. The minimum absolute atomic E-state index is 0.328. The zero-order chi connectivity index (χ0) is 22.0. The third-order valence-corrected chi connectivity index (χ3v) is 5.01. The molecule has 0 fully saturated rings. The van der Waals surface area contributed by atoms with E-state index in [1.807, 2.05) is 44.4 Å². The lowest BCUT2D eigenvalue weighted by molar-refractivity contribution is -0.119. The minimum atomic E-state index is -0.580. The first-order valence-corrected chi connectivity index (χ1v) is 9.67. The third-order valence-electron chi connectivity index (χ3n) is 5.01. The Kier molecular flexibility index (Phi) is 6.06. The lowest BCUT2D eigenvalue weighted by Crippen LogP contribution is -2.22. The largest absolute Gasteiger partial charge is 0.452 e. The van der Waals surface area contributed by atoms with E-state index in [-0.39, 0.29) is 12.4 Å². The van der Waals surface area contributed by atoms with E-state index < -0.39 is 11.9 Å². The number of anilines is 1. The van der Waals surface area contributed by atoms with Crippen LogP contribution in [0.2, 0.25) is 0 Å². The quantitative estimate of drug-likeness (QED) is 0.608. The minimum Gasteiger partial charge on any atom is -0.452 e. The summed E-state index contributed by atoms with van der Waals surface area (Å²) in [6.07, 6.45) is 0. The first-order chi connectivity index (χ1) is 14.2. The molecule has 0 aliphatic heterocycles. The Labute approximate surface area is 175 Å². The topological polar surface area (TPSA) is 60.3 Å². The van der Waals surface area contributed by atoms with E-state index in [1.54, 1.807) is 25.1 Å². The Balaban J connectivity index is 1.70. The number of aromatic nitrogens is 1. The van der Waals surface area contributed by atoms with Crippen LogP contribution in [0, 0.1) is 40.4 Å². The summed E-state index contributed by atoms with van der Waals surface area (Å²) in [6, 6.07) is 11.7. The zero-order valence-corrected chi connectivity index (χ0v) is 17.8. The van der Waals surface area contributed by atoms with Gasteiger partial charge in [0.1, 0.15) is 5.82 Å². The maximum absolute atomic E-state index is 13.2. The first kappa shape index (κ1) is 21.3. The monoisotopic (exact) mass is 408 g/mol. The molecule has 0 aliphatic rings. The molecule has 0 spiro atoms. The van der Waals surface area contributed by atoms with Crippen molar-refractivity contribution in [3.05, 3.63) is 81.9 Å². The van der Waals surface area contributed by atoms with Crippen LogP contribution in [0.3, 0.4) is 0 Å². The highest BCUT2D eigenvalue weighted by Gasteiger charge is 2.19. The fraction of sp³-hybridized carbons (Fsp3) is 0.250. The molecule has 0 aliphatic carbocycles. The number of hydrogen-bond donors (Lipinski definition) is 1. The normalized spacial score (nSPS) is 10.7. The molecule has 0 saturated carbocycles. The summed E-state index contributed by atoms with van der Waals surface area (Å²) in [5, 5.41) is 2.82. The molecule has 0 unspecified atom stereocenters. The van der Waals surface area contributed by atoms with E-state index in [1.165, 1.54) is 12.1 Å². The molecule has 30 heavy (non-hydrogen) atoms. The van der Waals surface area contributed by atoms with Gasteiger partial charge >= 0.3 is 5.97 Å². The highest BCUT2D eigenvalue weighted by molar-refractivity contribution is 5.97. The fourth-order valence-electron chi connectivity index (χ4n) is 3.72. The molecule has 0 radical (unpaired) electrons. The van der Waals surface area contributed by atoms with E-state index in [2.05, 4.69) is 5.32 Å². The van der Waals surface area contributed by atoms with Crippen LogP contribution in [-0.4, -0.2) is 23.1 Å². The van der Waals surface area contributed by atoms with Gasteiger partial charge < -0.3 is 14.6 Å². The van der Waals surface area contributed by atoms with E-state index in [0.717, 1.165) is 33.8 Å². The Bertz CT molecular complexity index is 1090. The average Bonchev–Trinajstić information content (AvgIpc) is 2.98. The number of hydrogen-bond acceptors (Lipinski definition) is 3. The summed E-state index contributed by atoms with van der Waals surface area (Å²) in [5.74, 6) is -1.30. The van der Waals surface area contributed by atoms with Crippen LogP contribution in [-0.2, 0) is 9.53 Å². The first-order valence-electron chi connectivity index (χ1n) is 9.67. The van der Waals surface area contributed by atoms with Gasteiger partial charge in [-0.3, -0.25) is 4.79 Å². The number of ether oxygens (including phenoxy) is 1. The molecular formula is C24H25FN2O3. The molecule has 2 aromatic carbocycles. The fourth-order valence-corrected chi connectivity index (χ4v) is 3.72. The number of halogens is 1. The van der Waals surface area contributed by atoms with E-state index in [0.29, 0.717) is 11.3 Å². The number of aryl methyl sites for hydroxylation is 4. The smallest absolute Gasteiger partial charge is 0.340 e. The number of carbonyl (C=O) groups is 2. The second kappa shape index (κ2) is 8.53. The van der Waals surface area contributed by atoms with E-state index >= 15 is 0 Å². The summed E-state index contributed by atoms with van der Waals surface area (Å²) in [5.41, 5.74) is 6.34. The van der Waals surface area contributed by atoms with Crippen molar-refractivity contribution in [1.82, 2.24) is 4.57 Å². The number of amides is 1. The van der Waals surface area contributed by atoms with Crippen molar-refractivity contribution >= 4 is 17.6 Å². The second-order valence-electron chi connectivity index (χ2n) is 7.49. The molecule has 1 aromatic heterocycles. The molecule has 0 atom stereocenters. The zero-order valence-electron chi connectivity index (χ0n) is 17.8. The average molecular weight is 408 g/mol. The Morgan fingerprint density at radius 1 is 0.967 bits per heavy atom. The predicted molar refractivity (Wildman–Crippen MR) is 115 cm³/mol. The molecule has 156 valence electrons. The summed E-state index contributed by atoms with van der Waals surface area (Å²) in [4.78, 5) is 24.9. The highest BCUT2D eigenvalue weighted by Crippen LogP contribution is 2.23. The van der Waals surface area contributed by atoms with Gasteiger partial charge in [0.05, 0.1) is 5.56 Å². The van der Waals surface area contributed by atoms with Crippen molar-refractivity contribution in [2.75, 3.05) is 11.9 Å². The van der Waals surface area contributed by atoms with E-state index in [9.17, 15) is 14.0 Å². The molecule has 6 heteroatoms. The van der Waals surface area contributed by atoms with Crippen LogP contribution < -0.4 is 5.32 Å². The van der Waals surface area contributed by atoms with Gasteiger partial charge in [-0.05, 0) is 76.1 Å². The maximum atomic E-state index is 13.2. The van der Waals surface area contributed by atoms with Crippen LogP contribution in [0.1, 0.15) is 38.4 Å². The maximum Gasteiger partial charge on any atom is 0.340 e. The van der Waals surface area contributed by atoms with Gasteiger partial charge in [-0.1, -0.05) is 17.7 Å². The lowest BCUT2D eigenvalue weighted by atomic mass is 10.1. The Morgan fingerprint density at radius 3 is 2.17 bits per heavy atom.